The summed E-state index contributed by atoms with van der Waals surface area (Å²) < 4.78 is 18.4. The number of ether oxygens (including phenoxy) is 1. The van der Waals surface area contributed by atoms with E-state index in [4.69, 9.17) is 4.74 Å². The zero-order valence-corrected chi connectivity index (χ0v) is 15.6. The predicted molar refractivity (Wildman–Crippen MR) is 102 cm³/mol. The molecule has 0 bridgehead atoms. The molecule has 5 heteroatoms. The summed E-state index contributed by atoms with van der Waals surface area (Å²) >= 11 is 0. The molecule has 140 valence electrons. The summed E-state index contributed by atoms with van der Waals surface area (Å²) in [7, 11) is 0. The molecule has 2 aromatic rings. The number of urea groups is 1. The number of carbonyl (C=O) groups excluding carboxylic acids is 1. The van der Waals surface area contributed by atoms with E-state index in [1.165, 1.54) is 17.7 Å². The average Bonchev–Trinajstić information content (AvgIpc) is 2.60. The Morgan fingerprint density at radius 2 is 1.58 bits per heavy atom. The molecule has 0 saturated carbocycles. The van der Waals surface area contributed by atoms with Gasteiger partial charge in [-0.25, -0.2) is 9.18 Å². The number of benzene rings is 2. The maximum Gasteiger partial charge on any atom is 0.314 e. The molecule has 0 atom stereocenters. The molecule has 26 heavy (non-hydrogen) atoms. The van der Waals surface area contributed by atoms with E-state index in [1.54, 1.807) is 12.1 Å². The van der Waals surface area contributed by atoms with Gasteiger partial charge in [0.15, 0.2) is 0 Å². The highest BCUT2D eigenvalue weighted by Crippen LogP contribution is 2.24. The second-order valence-electron chi connectivity index (χ2n) is 7.18. The summed E-state index contributed by atoms with van der Waals surface area (Å²) in [4.78, 5) is 11.7. The normalized spacial score (nSPS) is 11.1. The van der Waals surface area contributed by atoms with Crippen molar-refractivity contribution in [1.29, 1.82) is 0 Å². The second-order valence-corrected chi connectivity index (χ2v) is 7.18. The molecule has 0 aromatic heterocycles. The van der Waals surface area contributed by atoms with Crippen LogP contribution in [-0.2, 0) is 11.8 Å². The van der Waals surface area contributed by atoms with Gasteiger partial charge in [-0.2, -0.15) is 0 Å². The van der Waals surface area contributed by atoms with Crippen LogP contribution in [-0.4, -0.2) is 25.7 Å². The van der Waals surface area contributed by atoms with E-state index in [0.717, 1.165) is 11.3 Å². The lowest BCUT2D eigenvalue weighted by atomic mass is 9.87. The van der Waals surface area contributed by atoms with E-state index < -0.39 is 0 Å². The Morgan fingerprint density at radius 3 is 2.19 bits per heavy atom. The van der Waals surface area contributed by atoms with Crippen LogP contribution < -0.4 is 15.4 Å². The van der Waals surface area contributed by atoms with Gasteiger partial charge in [0.25, 0.3) is 0 Å². The molecule has 0 spiro atoms. The van der Waals surface area contributed by atoms with Crippen molar-refractivity contribution in [2.75, 3.05) is 19.7 Å². The summed E-state index contributed by atoms with van der Waals surface area (Å²) in [5, 5.41) is 5.52. The van der Waals surface area contributed by atoms with Crippen LogP contribution in [0.15, 0.2) is 48.5 Å². The van der Waals surface area contributed by atoms with Gasteiger partial charge < -0.3 is 15.4 Å². The quantitative estimate of drug-likeness (QED) is 0.734. The number of amides is 2. The van der Waals surface area contributed by atoms with E-state index in [0.29, 0.717) is 26.1 Å². The first-order valence-corrected chi connectivity index (χ1v) is 8.84. The molecular weight excluding hydrogens is 331 g/mol. The lowest BCUT2D eigenvalue weighted by Gasteiger charge is -2.19. The van der Waals surface area contributed by atoms with E-state index in [1.807, 2.05) is 12.1 Å². The largest absolute Gasteiger partial charge is 0.492 e. The number of hydrogen-bond acceptors (Lipinski definition) is 2. The monoisotopic (exact) mass is 358 g/mol. The molecule has 4 nitrogen and oxygen atoms in total. The van der Waals surface area contributed by atoms with Crippen LogP contribution in [0.5, 0.6) is 5.75 Å². The zero-order chi connectivity index (χ0) is 19.0. The molecule has 2 aromatic carbocycles. The maximum absolute atomic E-state index is 12.8. The molecule has 0 aliphatic heterocycles. The Bertz CT molecular complexity index is 691. The first kappa shape index (κ1) is 19.8. The van der Waals surface area contributed by atoms with E-state index in [2.05, 4.69) is 43.5 Å². The van der Waals surface area contributed by atoms with Gasteiger partial charge in [-0.05, 0) is 47.2 Å². The topological polar surface area (TPSA) is 50.4 Å². The van der Waals surface area contributed by atoms with Crippen molar-refractivity contribution in [3.05, 3.63) is 65.5 Å². The third-order valence-corrected chi connectivity index (χ3v) is 3.99. The summed E-state index contributed by atoms with van der Waals surface area (Å²) in [5.74, 6) is 0.531. The van der Waals surface area contributed by atoms with Crippen LogP contribution in [0.1, 0.15) is 31.9 Å². The van der Waals surface area contributed by atoms with Crippen molar-refractivity contribution in [3.63, 3.8) is 0 Å². The smallest absolute Gasteiger partial charge is 0.314 e. The van der Waals surface area contributed by atoms with Gasteiger partial charge >= 0.3 is 6.03 Å². The molecule has 0 radical (unpaired) electrons. The SMILES string of the molecule is CC(C)(C)c1ccc(OCCNC(=O)NCCc2ccc(F)cc2)cc1. The fraction of sp³-hybridized carbons (Fsp3) is 0.381. The lowest BCUT2D eigenvalue weighted by molar-refractivity contribution is 0.236. The van der Waals surface area contributed by atoms with Crippen molar-refractivity contribution in [2.24, 2.45) is 0 Å². The molecule has 2 N–H and O–H groups in total. The minimum Gasteiger partial charge on any atom is -0.492 e. The highest BCUT2D eigenvalue weighted by atomic mass is 19.1. The molecule has 0 aliphatic rings. The molecule has 2 amide bonds. The van der Waals surface area contributed by atoms with Crippen molar-refractivity contribution < 1.29 is 13.9 Å². The van der Waals surface area contributed by atoms with Gasteiger partial charge in [-0.3, -0.25) is 0 Å². The Hall–Kier alpha value is -2.56. The highest BCUT2D eigenvalue weighted by molar-refractivity contribution is 5.73. The third-order valence-electron chi connectivity index (χ3n) is 3.99. The number of halogens is 1. The number of rotatable bonds is 7. The van der Waals surface area contributed by atoms with Gasteiger partial charge in [0.2, 0.25) is 0 Å². The standard InChI is InChI=1S/C21H27FN2O2/c1-21(2,3)17-6-10-19(11-7-17)26-15-14-24-20(25)23-13-12-16-4-8-18(22)9-5-16/h4-11H,12-15H2,1-3H3,(H2,23,24,25). The van der Waals surface area contributed by atoms with E-state index in [-0.39, 0.29) is 17.3 Å². The van der Waals surface area contributed by atoms with Crippen LogP contribution in [0.25, 0.3) is 0 Å². The lowest BCUT2D eigenvalue weighted by Crippen LogP contribution is -2.38. The van der Waals surface area contributed by atoms with Crippen LogP contribution in [0.4, 0.5) is 9.18 Å². The Morgan fingerprint density at radius 1 is 0.962 bits per heavy atom. The van der Waals surface area contributed by atoms with Crippen LogP contribution in [0.3, 0.4) is 0 Å². The molecular formula is C21H27FN2O2. The van der Waals surface area contributed by atoms with Gasteiger partial charge in [0, 0.05) is 6.54 Å². The minimum atomic E-state index is -0.257. The first-order chi connectivity index (χ1) is 12.3. The molecule has 0 unspecified atom stereocenters. The highest BCUT2D eigenvalue weighted by Gasteiger charge is 2.12. The summed E-state index contributed by atoms with van der Waals surface area (Å²) in [5.41, 5.74) is 2.35. The summed E-state index contributed by atoms with van der Waals surface area (Å²) in [6.45, 7) is 7.82. The number of nitrogens with one attached hydrogen (secondary N) is 2. The van der Waals surface area contributed by atoms with Gasteiger partial charge in [-0.15, -0.1) is 0 Å². The Balaban J connectivity index is 1.60. The van der Waals surface area contributed by atoms with E-state index >= 15 is 0 Å². The van der Waals surface area contributed by atoms with Crippen LogP contribution in [0.2, 0.25) is 0 Å². The first-order valence-electron chi connectivity index (χ1n) is 8.84. The Labute approximate surface area is 154 Å². The molecule has 0 fully saturated rings. The molecule has 0 saturated heterocycles. The zero-order valence-electron chi connectivity index (χ0n) is 15.6. The third kappa shape index (κ3) is 6.75. The fourth-order valence-corrected chi connectivity index (χ4v) is 2.42. The average molecular weight is 358 g/mol. The molecule has 2 rings (SSSR count). The van der Waals surface area contributed by atoms with E-state index in [9.17, 15) is 9.18 Å². The van der Waals surface area contributed by atoms with Gasteiger partial charge in [0.1, 0.15) is 18.2 Å². The minimum absolute atomic E-state index is 0.117. The summed E-state index contributed by atoms with van der Waals surface area (Å²) in [6.07, 6.45) is 0.657. The maximum atomic E-state index is 12.8. The molecule has 0 aliphatic carbocycles. The number of carbonyl (C=O) groups is 1. The van der Waals surface area contributed by atoms with Crippen molar-refractivity contribution in [1.82, 2.24) is 10.6 Å². The summed E-state index contributed by atoms with van der Waals surface area (Å²) in [6, 6.07) is 14.0. The van der Waals surface area contributed by atoms with Crippen molar-refractivity contribution in [3.8, 4) is 5.75 Å². The number of hydrogen-bond donors (Lipinski definition) is 2. The van der Waals surface area contributed by atoms with Crippen LogP contribution in [0, 0.1) is 5.82 Å². The van der Waals surface area contributed by atoms with Crippen molar-refractivity contribution >= 4 is 6.03 Å². The Kier molecular flexibility index (Phi) is 7.01. The second kappa shape index (κ2) is 9.22. The van der Waals surface area contributed by atoms with Gasteiger partial charge in [-0.1, -0.05) is 45.0 Å². The van der Waals surface area contributed by atoms with Gasteiger partial charge in [0.05, 0.1) is 6.54 Å². The van der Waals surface area contributed by atoms with Crippen molar-refractivity contribution in [2.45, 2.75) is 32.6 Å². The predicted octanol–water partition coefficient (Wildman–Crippen LogP) is 4.04. The fourth-order valence-electron chi connectivity index (χ4n) is 2.42. The van der Waals surface area contributed by atoms with Crippen LogP contribution >= 0.6 is 0 Å². The molecule has 0 heterocycles.